The molecule has 1 saturated heterocycles. The monoisotopic (exact) mass is 254 g/mol. The fourth-order valence-corrected chi connectivity index (χ4v) is 3.28. The molecule has 0 radical (unpaired) electrons. The number of aliphatic hydroxyl groups excluding tert-OH is 1. The smallest absolute Gasteiger partial charge is 0.317 e. The van der Waals surface area contributed by atoms with Gasteiger partial charge in [-0.15, -0.1) is 0 Å². The molecule has 2 rings (SSSR count). The fraction of sp³-hybridized carbons (Fsp3) is 0.929. The first-order valence-corrected chi connectivity index (χ1v) is 7.44. The normalized spacial score (nSPS) is 33.2. The molecule has 0 aromatic carbocycles. The Morgan fingerprint density at radius 2 is 2.06 bits per heavy atom. The molecule has 2 amide bonds. The Kier molecular flexibility index (Phi) is 4.87. The summed E-state index contributed by atoms with van der Waals surface area (Å²) in [6.45, 7) is 3.49. The summed E-state index contributed by atoms with van der Waals surface area (Å²) in [5.74, 6) is 0.636. The van der Waals surface area contributed by atoms with Gasteiger partial charge in [0.1, 0.15) is 0 Å². The Morgan fingerprint density at radius 1 is 1.28 bits per heavy atom. The van der Waals surface area contributed by atoms with E-state index >= 15 is 0 Å². The van der Waals surface area contributed by atoms with Gasteiger partial charge < -0.3 is 15.3 Å². The molecule has 2 aliphatic rings. The van der Waals surface area contributed by atoms with Gasteiger partial charge in [-0.1, -0.05) is 26.2 Å². The van der Waals surface area contributed by atoms with Crippen molar-refractivity contribution in [1.29, 1.82) is 0 Å². The second kappa shape index (κ2) is 6.41. The topological polar surface area (TPSA) is 52.6 Å². The predicted octanol–water partition coefficient (Wildman–Crippen LogP) is 2.12. The van der Waals surface area contributed by atoms with Crippen LogP contribution in [0, 0.1) is 5.92 Å². The molecule has 2 fully saturated rings. The van der Waals surface area contributed by atoms with Gasteiger partial charge >= 0.3 is 6.03 Å². The van der Waals surface area contributed by atoms with Crippen LogP contribution in [-0.4, -0.2) is 41.3 Å². The SMILES string of the molecule is CCC1CCCCC1NC(=O)N1CCCC(O)C1. The number of β-amino-alcohol motifs (C(OH)–C–C–N with tert-alkyl or cyclic N) is 1. The average molecular weight is 254 g/mol. The lowest BCUT2D eigenvalue weighted by Crippen LogP contribution is -2.52. The number of amides is 2. The van der Waals surface area contributed by atoms with E-state index in [1.54, 1.807) is 4.90 Å². The zero-order valence-electron chi connectivity index (χ0n) is 11.4. The summed E-state index contributed by atoms with van der Waals surface area (Å²) in [5.41, 5.74) is 0. The molecule has 1 heterocycles. The Bertz CT molecular complexity index is 283. The highest BCUT2D eigenvalue weighted by molar-refractivity contribution is 5.74. The molecule has 3 unspecified atom stereocenters. The third-order valence-corrected chi connectivity index (χ3v) is 4.43. The third-order valence-electron chi connectivity index (χ3n) is 4.43. The maximum absolute atomic E-state index is 12.2. The average Bonchev–Trinajstić information content (AvgIpc) is 2.39. The van der Waals surface area contributed by atoms with Crippen LogP contribution in [0.1, 0.15) is 51.9 Å². The van der Waals surface area contributed by atoms with Crippen LogP contribution in [0.25, 0.3) is 0 Å². The van der Waals surface area contributed by atoms with E-state index in [0.29, 0.717) is 18.5 Å². The number of aliphatic hydroxyl groups is 1. The zero-order valence-corrected chi connectivity index (χ0v) is 11.4. The minimum absolute atomic E-state index is 0.0269. The van der Waals surface area contributed by atoms with Gasteiger partial charge in [-0.2, -0.15) is 0 Å². The summed E-state index contributed by atoms with van der Waals surface area (Å²) in [6, 6.07) is 0.370. The fourth-order valence-electron chi connectivity index (χ4n) is 3.28. The molecular weight excluding hydrogens is 228 g/mol. The number of rotatable bonds is 2. The predicted molar refractivity (Wildman–Crippen MR) is 71.4 cm³/mol. The van der Waals surface area contributed by atoms with Crippen LogP contribution in [0.4, 0.5) is 4.79 Å². The minimum Gasteiger partial charge on any atom is -0.391 e. The summed E-state index contributed by atoms with van der Waals surface area (Å²) in [5, 5.41) is 12.8. The van der Waals surface area contributed by atoms with E-state index in [2.05, 4.69) is 12.2 Å². The molecule has 0 aromatic heterocycles. The molecule has 0 aromatic rings. The van der Waals surface area contributed by atoms with E-state index in [1.165, 1.54) is 19.3 Å². The zero-order chi connectivity index (χ0) is 13.0. The number of piperidine rings is 1. The highest BCUT2D eigenvalue weighted by atomic mass is 16.3. The lowest BCUT2D eigenvalue weighted by Gasteiger charge is -2.35. The lowest BCUT2D eigenvalue weighted by atomic mass is 9.83. The van der Waals surface area contributed by atoms with Gasteiger partial charge in [0.2, 0.25) is 0 Å². The number of carbonyl (C=O) groups is 1. The van der Waals surface area contributed by atoms with Gasteiger partial charge in [-0.25, -0.2) is 4.79 Å². The molecule has 4 nitrogen and oxygen atoms in total. The van der Waals surface area contributed by atoms with E-state index in [9.17, 15) is 9.90 Å². The van der Waals surface area contributed by atoms with Crippen molar-refractivity contribution in [2.24, 2.45) is 5.92 Å². The van der Waals surface area contributed by atoms with Crippen molar-refractivity contribution in [3.05, 3.63) is 0 Å². The first-order valence-electron chi connectivity index (χ1n) is 7.44. The molecule has 3 atom stereocenters. The first-order chi connectivity index (χ1) is 8.70. The van der Waals surface area contributed by atoms with Crippen molar-refractivity contribution < 1.29 is 9.90 Å². The number of urea groups is 1. The second-order valence-corrected chi connectivity index (χ2v) is 5.75. The van der Waals surface area contributed by atoms with E-state index in [4.69, 9.17) is 0 Å². The number of nitrogens with zero attached hydrogens (tertiary/aromatic N) is 1. The molecule has 0 bridgehead atoms. The number of likely N-dealkylation sites (tertiary alicyclic amines) is 1. The van der Waals surface area contributed by atoms with Crippen LogP contribution in [0.2, 0.25) is 0 Å². The summed E-state index contributed by atoms with van der Waals surface area (Å²) in [4.78, 5) is 14.0. The number of carbonyl (C=O) groups excluding carboxylic acids is 1. The second-order valence-electron chi connectivity index (χ2n) is 5.75. The van der Waals surface area contributed by atoms with E-state index in [1.807, 2.05) is 0 Å². The Labute approximate surface area is 110 Å². The molecule has 0 spiro atoms. The van der Waals surface area contributed by atoms with E-state index in [0.717, 1.165) is 32.2 Å². The van der Waals surface area contributed by atoms with Crippen LogP contribution in [-0.2, 0) is 0 Å². The molecule has 104 valence electrons. The van der Waals surface area contributed by atoms with Gasteiger partial charge in [-0.3, -0.25) is 0 Å². The summed E-state index contributed by atoms with van der Waals surface area (Å²) in [7, 11) is 0. The molecule has 18 heavy (non-hydrogen) atoms. The van der Waals surface area contributed by atoms with E-state index < -0.39 is 0 Å². The minimum atomic E-state index is -0.335. The Hall–Kier alpha value is -0.770. The highest BCUT2D eigenvalue weighted by Gasteiger charge is 2.28. The van der Waals surface area contributed by atoms with Gasteiger partial charge in [0.15, 0.2) is 0 Å². The van der Waals surface area contributed by atoms with Crippen molar-refractivity contribution in [2.45, 2.75) is 64.0 Å². The van der Waals surface area contributed by atoms with Crippen LogP contribution >= 0.6 is 0 Å². The Balaban J connectivity index is 1.85. The molecule has 4 heteroatoms. The van der Waals surface area contributed by atoms with Gasteiger partial charge in [0.05, 0.1) is 6.10 Å². The maximum atomic E-state index is 12.2. The summed E-state index contributed by atoms with van der Waals surface area (Å²) >= 11 is 0. The largest absolute Gasteiger partial charge is 0.391 e. The molecule has 1 aliphatic heterocycles. The van der Waals surface area contributed by atoms with Crippen LogP contribution in [0.5, 0.6) is 0 Å². The first kappa shape index (κ1) is 13.7. The Morgan fingerprint density at radius 3 is 2.78 bits per heavy atom. The van der Waals surface area contributed by atoms with Crippen LogP contribution in [0.15, 0.2) is 0 Å². The number of hydrogen-bond acceptors (Lipinski definition) is 2. The van der Waals surface area contributed by atoms with Crippen molar-refractivity contribution >= 4 is 6.03 Å². The van der Waals surface area contributed by atoms with E-state index in [-0.39, 0.29) is 12.1 Å². The molecule has 2 N–H and O–H groups in total. The van der Waals surface area contributed by atoms with Gasteiger partial charge in [0.25, 0.3) is 0 Å². The van der Waals surface area contributed by atoms with Crippen molar-refractivity contribution in [2.75, 3.05) is 13.1 Å². The van der Waals surface area contributed by atoms with Crippen LogP contribution < -0.4 is 5.32 Å². The molecule has 1 saturated carbocycles. The quantitative estimate of drug-likeness (QED) is 0.793. The van der Waals surface area contributed by atoms with Gasteiger partial charge in [0, 0.05) is 19.1 Å². The highest BCUT2D eigenvalue weighted by Crippen LogP contribution is 2.27. The maximum Gasteiger partial charge on any atom is 0.317 e. The van der Waals surface area contributed by atoms with Crippen molar-refractivity contribution in [3.8, 4) is 0 Å². The standard InChI is InChI=1S/C14H26N2O2/c1-2-11-6-3-4-8-13(11)15-14(18)16-9-5-7-12(17)10-16/h11-13,17H,2-10H2,1H3,(H,15,18). The van der Waals surface area contributed by atoms with Crippen molar-refractivity contribution in [3.63, 3.8) is 0 Å². The lowest BCUT2D eigenvalue weighted by molar-refractivity contribution is 0.0814. The summed E-state index contributed by atoms with van der Waals surface area (Å²) in [6.07, 6.45) is 7.43. The van der Waals surface area contributed by atoms with Crippen LogP contribution in [0.3, 0.4) is 0 Å². The summed E-state index contributed by atoms with van der Waals surface area (Å²) < 4.78 is 0. The number of hydrogen-bond donors (Lipinski definition) is 2. The third kappa shape index (κ3) is 3.37. The van der Waals surface area contributed by atoms with Crippen molar-refractivity contribution in [1.82, 2.24) is 10.2 Å². The molecule has 1 aliphatic carbocycles. The number of nitrogens with one attached hydrogen (secondary N) is 1. The van der Waals surface area contributed by atoms with Gasteiger partial charge in [-0.05, 0) is 31.6 Å². The molecular formula is C14H26N2O2.